The summed E-state index contributed by atoms with van der Waals surface area (Å²) in [6.45, 7) is 16.8. The number of nitrogens with zero attached hydrogens (tertiary/aromatic N) is 3. The lowest BCUT2D eigenvalue weighted by Crippen LogP contribution is -2.55. The number of sulfonamides is 1. The van der Waals surface area contributed by atoms with Crippen molar-refractivity contribution in [3.63, 3.8) is 0 Å². The van der Waals surface area contributed by atoms with E-state index in [4.69, 9.17) is 4.99 Å². The summed E-state index contributed by atoms with van der Waals surface area (Å²) in [7, 11) is -3.18. The highest BCUT2D eigenvalue weighted by molar-refractivity contribution is 7.88. The van der Waals surface area contributed by atoms with Crippen LogP contribution in [0.25, 0.3) is 0 Å². The van der Waals surface area contributed by atoms with Gasteiger partial charge in [-0.25, -0.2) is 8.42 Å². The van der Waals surface area contributed by atoms with Gasteiger partial charge in [-0.2, -0.15) is 4.31 Å². The molecule has 6 heteroatoms. The highest BCUT2D eigenvalue weighted by Crippen LogP contribution is 2.40. The Balaban J connectivity index is 2.56. The molecule has 2 aliphatic heterocycles. The second-order valence-corrected chi connectivity index (χ2v) is 10.7. The van der Waals surface area contributed by atoms with Gasteiger partial charge in [-0.3, -0.25) is 4.99 Å². The molecular formula is C17H31N3O2S. The van der Waals surface area contributed by atoms with Crippen LogP contribution in [0.15, 0.2) is 16.3 Å². The molecule has 0 bridgehead atoms. The standard InChI is InChI=1S/C17H31N3O2S/c1-12-14(16(2,3)4)13-11-19(23(8,21)22)9-10-20(13)15(18-12)17(5,6)7/h12H,9-11H2,1-8H3/t12-/m0/s1. The van der Waals surface area contributed by atoms with Crippen molar-refractivity contribution < 1.29 is 8.42 Å². The lowest BCUT2D eigenvalue weighted by molar-refractivity contribution is 0.276. The van der Waals surface area contributed by atoms with Gasteiger partial charge in [0.25, 0.3) is 0 Å². The van der Waals surface area contributed by atoms with Crippen molar-refractivity contribution in [1.29, 1.82) is 0 Å². The Bertz CT molecular complexity index is 648. The predicted octanol–water partition coefficient (Wildman–Crippen LogP) is 2.71. The lowest BCUT2D eigenvalue weighted by atomic mass is 9.78. The van der Waals surface area contributed by atoms with Crippen molar-refractivity contribution >= 4 is 15.9 Å². The summed E-state index contributed by atoms with van der Waals surface area (Å²) in [5, 5.41) is 0. The van der Waals surface area contributed by atoms with Gasteiger partial charge in [0.1, 0.15) is 5.84 Å². The molecule has 0 aromatic rings. The maximum atomic E-state index is 12.0. The Kier molecular flexibility index (Phi) is 4.48. The highest BCUT2D eigenvalue weighted by atomic mass is 32.2. The van der Waals surface area contributed by atoms with Gasteiger partial charge in [-0.1, -0.05) is 41.5 Å². The second-order valence-electron chi connectivity index (χ2n) is 8.74. The predicted molar refractivity (Wildman–Crippen MR) is 96.0 cm³/mol. The van der Waals surface area contributed by atoms with Gasteiger partial charge in [-0.05, 0) is 17.9 Å². The Morgan fingerprint density at radius 2 is 1.61 bits per heavy atom. The normalized spacial score (nSPS) is 24.6. The molecule has 2 aliphatic rings. The van der Waals surface area contributed by atoms with Crippen molar-refractivity contribution in [2.75, 3.05) is 25.9 Å². The third kappa shape index (κ3) is 3.63. The van der Waals surface area contributed by atoms with Crippen molar-refractivity contribution in [1.82, 2.24) is 9.21 Å². The molecule has 0 aromatic heterocycles. The molecule has 0 aliphatic carbocycles. The first-order valence-electron chi connectivity index (χ1n) is 8.27. The van der Waals surface area contributed by atoms with E-state index in [1.54, 1.807) is 4.31 Å². The summed E-state index contributed by atoms with van der Waals surface area (Å²) in [4.78, 5) is 7.26. The molecule has 23 heavy (non-hydrogen) atoms. The fourth-order valence-electron chi connectivity index (χ4n) is 3.64. The van der Waals surface area contributed by atoms with Crippen molar-refractivity contribution in [2.45, 2.75) is 54.5 Å². The Hall–Kier alpha value is -0.880. The summed E-state index contributed by atoms with van der Waals surface area (Å²) in [6.07, 6.45) is 1.30. The zero-order valence-corrected chi connectivity index (χ0v) is 16.6. The molecule has 0 saturated carbocycles. The Morgan fingerprint density at radius 1 is 1.04 bits per heavy atom. The van der Waals surface area contributed by atoms with E-state index in [-0.39, 0.29) is 16.9 Å². The first-order valence-corrected chi connectivity index (χ1v) is 10.1. The fourth-order valence-corrected chi connectivity index (χ4v) is 4.41. The maximum Gasteiger partial charge on any atom is 0.211 e. The van der Waals surface area contributed by atoms with Crippen molar-refractivity contribution in [3.8, 4) is 0 Å². The van der Waals surface area contributed by atoms with Gasteiger partial charge in [-0.15, -0.1) is 0 Å². The highest BCUT2D eigenvalue weighted by Gasteiger charge is 2.41. The maximum absolute atomic E-state index is 12.0. The van der Waals surface area contributed by atoms with E-state index in [0.717, 1.165) is 11.5 Å². The number of fused-ring (bicyclic) bond motifs is 1. The van der Waals surface area contributed by atoms with Gasteiger partial charge < -0.3 is 4.90 Å². The van der Waals surface area contributed by atoms with Crippen LogP contribution in [0, 0.1) is 10.8 Å². The number of hydrogen-bond donors (Lipinski definition) is 0. The second kappa shape index (κ2) is 5.59. The van der Waals surface area contributed by atoms with E-state index in [9.17, 15) is 8.42 Å². The van der Waals surface area contributed by atoms with Crippen LogP contribution < -0.4 is 0 Å². The number of piperazine rings is 1. The molecule has 1 fully saturated rings. The first-order chi connectivity index (χ1) is 10.2. The Labute approximate surface area is 141 Å². The molecule has 0 amide bonds. The lowest BCUT2D eigenvalue weighted by Gasteiger charge is -2.47. The molecule has 0 unspecified atom stereocenters. The van der Waals surface area contributed by atoms with Crippen LogP contribution in [-0.2, 0) is 10.0 Å². The fraction of sp³-hybridized carbons (Fsp3) is 0.824. The SMILES string of the molecule is C[C@@H]1N=C(C(C)(C)C)N2CCN(S(C)(=O)=O)CC2=C1C(C)(C)C. The van der Waals surface area contributed by atoms with Crippen LogP contribution >= 0.6 is 0 Å². The van der Waals surface area contributed by atoms with E-state index >= 15 is 0 Å². The van der Waals surface area contributed by atoms with E-state index in [2.05, 4.69) is 53.4 Å². The van der Waals surface area contributed by atoms with Crippen LogP contribution in [0.5, 0.6) is 0 Å². The molecule has 1 atom stereocenters. The van der Waals surface area contributed by atoms with Gasteiger partial charge in [0, 0.05) is 24.2 Å². The van der Waals surface area contributed by atoms with Gasteiger partial charge in [0.2, 0.25) is 10.0 Å². The summed E-state index contributed by atoms with van der Waals surface area (Å²) in [5.74, 6) is 1.07. The minimum absolute atomic E-state index is 0.0412. The van der Waals surface area contributed by atoms with Crippen LogP contribution in [0.4, 0.5) is 0 Å². The average molecular weight is 342 g/mol. The van der Waals surface area contributed by atoms with E-state index in [1.165, 1.54) is 11.8 Å². The monoisotopic (exact) mass is 341 g/mol. The topological polar surface area (TPSA) is 53.0 Å². The van der Waals surface area contributed by atoms with E-state index in [0.29, 0.717) is 19.6 Å². The van der Waals surface area contributed by atoms with Crippen LogP contribution in [0.1, 0.15) is 48.5 Å². The zero-order valence-electron chi connectivity index (χ0n) is 15.8. The molecule has 2 rings (SSSR count). The van der Waals surface area contributed by atoms with E-state index in [1.807, 2.05) is 0 Å². The number of aliphatic imine (C=N–C) groups is 1. The van der Waals surface area contributed by atoms with Gasteiger partial charge in [0.15, 0.2) is 0 Å². The summed E-state index contributed by atoms with van der Waals surface area (Å²) in [5.41, 5.74) is 2.27. The Morgan fingerprint density at radius 3 is 2.04 bits per heavy atom. The summed E-state index contributed by atoms with van der Waals surface area (Å²) in [6, 6.07) is 0.0787. The van der Waals surface area contributed by atoms with Crippen molar-refractivity contribution in [3.05, 3.63) is 11.3 Å². The molecule has 1 saturated heterocycles. The number of hydrogen-bond acceptors (Lipinski definition) is 4. The largest absolute Gasteiger partial charge is 0.331 e. The van der Waals surface area contributed by atoms with Gasteiger partial charge >= 0.3 is 0 Å². The number of amidine groups is 1. The van der Waals surface area contributed by atoms with Crippen molar-refractivity contribution in [2.24, 2.45) is 15.8 Å². The van der Waals surface area contributed by atoms with Crippen LogP contribution in [-0.4, -0.2) is 55.4 Å². The molecule has 5 nitrogen and oxygen atoms in total. The van der Waals surface area contributed by atoms with Crippen LogP contribution in [0.3, 0.4) is 0 Å². The minimum Gasteiger partial charge on any atom is -0.331 e. The molecule has 0 aromatic carbocycles. The van der Waals surface area contributed by atoms with E-state index < -0.39 is 10.0 Å². The smallest absolute Gasteiger partial charge is 0.211 e. The number of rotatable bonds is 1. The molecule has 0 radical (unpaired) electrons. The minimum atomic E-state index is -3.18. The molecular weight excluding hydrogens is 310 g/mol. The summed E-state index contributed by atoms with van der Waals surface area (Å²) < 4.78 is 25.6. The quantitative estimate of drug-likeness (QED) is 0.737. The third-order valence-corrected chi connectivity index (χ3v) is 5.72. The first kappa shape index (κ1) is 18.5. The molecule has 2 heterocycles. The summed E-state index contributed by atoms with van der Waals surface area (Å²) >= 11 is 0. The molecule has 0 N–H and O–H groups in total. The molecule has 132 valence electrons. The zero-order chi connectivity index (χ0) is 17.8. The van der Waals surface area contributed by atoms with Gasteiger partial charge in [0.05, 0.1) is 18.8 Å². The third-order valence-electron chi connectivity index (χ3n) is 4.47. The van der Waals surface area contributed by atoms with Crippen LogP contribution in [0.2, 0.25) is 0 Å². The molecule has 0 spiro atoms. The average Bonchev–Trinajstić information content (AvgIpc) is 2.32.